The SMILES string of the molecule is CCc1cc([N+](=O)[O-])c(NC(C)CC(C)C)c([N+](=O)[O-])c1. The summed E-state index contributed by atoms with van der Waals surface area (Å²) in [5, 5.41) is 25.4. The van der Waals surface area contributed by atoms with Crippen LogP contribution in [0.25, 0.3) is 0 Å². The van der Waals surface area contributed by atoms with Crippen LogP contribution in [0.2, 0.25) is 0 Å². The molecule has 1 N–H and O–H groups in total. The Balaban J connectivity index is 3.31. The molecular formula is C14H21N3O4. The predicted octanol–water partition coefficient (Wildman–Crippen LogP) is 3.91. The molecule has 0 fully saturated rings. The van der Waals surface area contributed by atoms with Gasteiger partial charge in [-0.05, 0) is 31.2 Å². The van der Waals surface area contributed by atoms with Gasteiger partial charge in [0.15, 0.2) is 5.69 Å². The van der Waals surface area contributed by atoms with Gasteiger partial charge in [-0.1, -0.05) is 20.8 Å². The summed E-state index contributed by atoms with van der Waals surface area (Å²) in [6, 6.07) is 2.71. The molecule has 1 aromatic rings. The summed E-state index contributed by atoms with van der Waals surface area (Å²) < 4.78 is 0. The number of aryl methyl sites for hydroxylation is 1. The number of nitro groups is 2. The van der Waals surface area contributed by atoms with E-state index in [1.54, 1.807) is 6.92 Å². The fourth-order valence-corrected chi connectivity index (χ4v) is 2.32. The number of nitrogens with one attached hydrogen (secondary N) is 1. The van der Waals surface area contributed by atoms with Crippen molar-refractivity contribution in [2.45, 2.75) is 46.6 Å². The van der Waals surface area contributed by atoms with Crippen LogP contribution in [0.5, 0.6) is 0 Å². The number of nitro benzene ring substituents is 2. The molecule has 0 aromatic heterocycles. The van der Waals surface area contributed by atoms with E-state index in [1.807, 2.05) is 20.8 Å². The maximum atomic E-state index is 11.2. The standard InChI is InChI=1S/C14H21N3O4/c1-5-11-7-12(16(18)19)14(13(8-11)17(20)21)15-10(4)6-9(2)3/h7-10,15H,5-6H2,1-4H3. The van der Waals surface area contributed by atoms with Gasteiger partial charge in [0.2, 0.25) is 0 Å². The Hall–Kier alpha value is -2.18. The van der Waals surface area contributed by atoms with Gasteiger partial charge in [0.1, 0.15) is 0 Å². The monoisotopic (exact) mass is 295 g/mol. The van der Waals surface area contributed by atoms with E-state index >= 15 is 0 Å². The van der Waals surface area contributed by atoms with Crippen LogP contribution in [0.4, 0.5) is 17.1 Å². The minimum atomic E-state index is -0.573. The first-order valence-electron chi connectivity index (χ1n) is 6.98. The highest BCUT2D eigenvalue weighted by Gasteiger charge is 2.27. The van der Waals surface area contributed by atoms with Gasteiger partial charge in [-0.3, -0.25) is 20.2 Å². The molecule has 1 unspecified atom stereocenters. The minimum Gasteiger partial charge on any atom is -0.371 e. The Morgan fingerprint density at radius 3 is 1.90 bits per heavy atom. The van der Waals surface area contributed by atoms with E-state index in [9.17, 15) is 20.2 Å². The van der Waals surface area contributed by atoms with Crippen molar-refractivity contribution in [3.63, 3.8) is 0 Å². The molecule has 0 saturated carbocycles. The van der Waals surface area contributed by atoms with Crippen molar-refractivity contribution in [1.29, 1.82) is 0 Å². The lowest BCUT2D eigenvalue weighted by Gasteiger charge is -2.17. The highest BCUT2D eigenvalue weighted by atomic mass is 16.6. The van der Waals surface area contributed by atoms with Gasteiger partial charge in [0.25, 0.3) is 11.4 Å². The van der Waals surface area contributed by atoms with Crippen LogP contribution in [-0.2, 0) is 6.42 Å². The Labute approximate surface area is 123 Å². The van der Waals surface area contributed by atoms with Gasteiger partial charge in [-0.2, -0.15) is 0 Å². The van der Waals surface area contributed by atoms with Gasteiger partial charge < -0.3 is 5.32 Å². The average molecular weight is 295 g/mol. The normalized spacial score (nSPS) is 12.2. The van der Waals surface area contributed by atoms with Crippen LogP contribution in [0.1, 0.15) is 39.7 Å². The quantitative estimate of drug-likeness (QED) is 0.607. The molecule has 0 saturated heterocycles. The summed E-state index contributed by atoms with van der Waals surface area (Å²) in [7, 11) is 0. The highest BCUT2D eigenvalue weighted by molar-refractivity contribution is 5.75. The molecule has 1 rings (SSSR count). The zero-order valence-electron chi connectivity index (χ0n) is 12.8. The van der Waals surface area contributed by atoms with Gasteiger partial charge in [0, 0.05) is 18.2 Å². The first-order chi connectivity index (χ1) is 9.76. The third-order valence-corrected chi connectivity index (χ3v) is 3.17. The summed E-state index contributed by atoms with van der Waals surface area (Å²) in [6.45, 7) is 7.72. The van der Waals surface area contributed by atoms with E-state index in [-0.39, 0.29) is 23.1 Å². The zero-order chi connectivity index (χ0) is 16.2. The van der Waals surface area contributed by atoms with Crippen molar-refractivity contribution >= 4 is 17.1 Å². The van der Waals surface area contributed by atoms with Crippen molar-refractivity contribution < 1.29 is 9.85 Å². The summed E-state index contributed by atoms with van der Waals surface area (Å²) in [5.41, 5.74) is 0.0964. The fraction of sp³-hybridized carbons (Fsp3) is 0.571. The summed E-state index contributed by atoms with van der Waals surface area (Å²) in [4.78, 5) is 21.3. The van der Waals surface area contributed by atoms with Crippen LogP contribution >= 0.6 is 0 Å². The first-order valence-corrected chi connectivity index (χ1v) is 6.98. The molecule has 0 amide bonds. The van der Waals surface area contributed by atoms with Crippen molar-refractivity contribution in [3.05, 3.63) is 37.9 Å². The number of hydrogen-bond donors (Lipinski definition) is 1. The molecule has 0 aliphatic heterocycles. The topological polar surface area (TPSA) is 98.3 Å². The third kappa shape index (κ3) is 4.40. The van der Waals surface area contributed by atoms with E-state index in [4.69, 9.17) is 0 Å². The Morgan fingerprint density at radius 2 is 1.57 bits per heavy atom. The molecule has 0 heterocycles. The first kappa shape index (κ1) is 16.9. The second kappa shape index (κ2) is 7.01. The molecule has 0 bridgehead atoms. The molecule has 0 aliphatic rings. The van der Waals surface area contributed by atoms with E-state index in [0.29, 0.717) is 17.9 Å². The van der Waals surface area contributed by atoms with Crippen molar-refractivity contribution in [2.24, 2.45) is 5.92 Å². The molecule has 7 nitrogen and oxygen atoms in total. The van der Waals surface area contributed by atoms with E-state index in [2.05, 4.69) is 5.32 Å². The Bertz CT molecular complexity index is 508. The maximum absolute atomic E-state index is 11.2. The van der Waals surface area contributed by atoms with Gasteiger partial charge in [-0.15, -0.1) is 0 Å². The second-order valence-electron chi connectivity index (χ2n) is 5.55. The summed E-state index contributed by atoms with van der Waals surface area (Å²) in [6.07, 6.45) is 1.27. The van der Waals surface area contributed by atoms with Crippen molar-refractivity contribution in [3.8, 4) is 0 Å². The summed E-state index contributed by atoms with van der Waals surface area (Å²) >= 11 is 0. The van der Waals surface area contributed by atoms with E-state index in [0.717, 1.165) is 6.42 Å². The lowest BCUT2D eigenvalue weighted by molar-refractivity contribution is -0.392. The van der Waals surface area contributed by atoms with Crippen LogP contribution in [-0.4, -0.2) is 15.9 Å². The van der Waals surface area contributed by atoms with Crippen LogP contribution in [0.15, 0.2) is 12.1 Å². The maximum Gasteiger partial charge on any atom is 0.299 e. The smallest absolute Gasteiger partial charge is 0.299 e. The van der Waals surface area contributed by atoms with E-state index in [1.165, 1.54) is 12.1 Å². The molecule has 1 aromatic carbocycles. The molecule has 7 heteroatoms. The number of rotatable bonds is 7. The molecule has 21 heavy (non-hydrogen) atoms. The summed E-state index contributed by atoms with van der Waals surface area (Å²) in [5.74, 6) is 0.389. The Kier molecular flexibility index (Phi) is 5.63. The Morgan fingerprint density at radius 1 is 1.10 bits per heavy atom. The van der Waals surface area contributed by atoms with Crippen LogP contribution in [0, 0.1) is 26.1 Å². The minimum absolute atomic E-state index is 0.00431. The molecule has 0 spiro atoms. The molecular weight excluding hydrogens is 274 g/mol. The molecule has 0 aliphatic carbocycles. The van der Waals surface area contributed by atoms with Gasteiger partial charge in [-0.25, -0.2) is 0 Å². The van der Waals surface area contributed by atoms with Crippen molar-refractivity contribution in [1.82, 2.24) is 0 Å². The number of hydrogen-bond acceptors (Lipinski definition) is 5. The van der Waals surface area contributed by atoms with Crippen LogP contribution in [0.3, 0.4) is 0 Å². The lowest BCUT2D eigenvalue weighted by Crippen LogP contribution is -2.19. The average Bonchev–Trinajstić information content (AvgIpc) is 2.37. The predicted molar refractivity (Wildman–Crippen MR) is 81.7 cm³/mol. The number of benzene rings is 1. The highest BCUT2D eigenvalue weighted by Crippen LogP contribution is 2.36. The van der Waals surface area contributed by atoms with Crippen LogP contribution < -0.4 is 5.32 Å². The van der Waals surface area contributed by atoms with Gasteiger partial charge in [0.05, 0.1) is 9.85 Å². The van der Waals surface area contributed by atoms with Gasteiger partial charge >= 0.3 is 0 Å². The second-order valence-corrected chi connectivity index (χ2v) is 5.55. The largest absolute Gasteiger partial charge is 0.371 e. The molecule has 1 atom stereocenters. The number of nitrogens with zero attached hydrogens (tertiary/aromatic N) is 2. The molecule has 116 valence electrons. The van der Waals surface area contributed by atoms with Crippen molar-refractivity contribution in [2.75, 3.05) is 5.32 Å². The van der Waals surface area contributed by atoms with E-state index < -0.39 is 9.85 Å². The fourth-order valence-electron chi connectivity index (χ4n) is 2.32. The zero-order valence-corrected chi connectivity index (χ0v) is 12.8. The lowest BCUT2D eigenvalue weighted by atomic mass is 10.0. The molecule has 0 radical (unpaired) electrons. The number of anilines is 1. The third-order valence-electron chi connectivity index (χ3n) is 3.17.